The molecule has 7 heteroatoms. The maximum atomic E-state index is 13.5. The average Bonchev–Trinajstić information content (AvgIpc) is 3.12. The summed E-state index contributed by atoms with van der Waals surface area (Å²) in [5.41, 5.74) is 1.09. The zero-order valence-corrected chi connectivity index (χ0v) is 16.7. The summed E-state index contributed by atoms with van der Waals surface area (Å²) in [7, 11) is 0. The zero-order chi connectivity index (χ0) is 20.1. The summed E-state index contributed by atoms with van der Waals surface area (Å²) in [6, 6.07) is 11.2. The molecule has 4 unspecified atom stereocenters. The molecule has 28 heavy (non-hydrogen) atoms. The van der Waals surface area contributed by atoms with Crippen molar-refractivity contribution < 1.29 is 14.7 Å². The Kier molecular flexibility index (Phi) is 4.86. The number of amides is 1. The maximum absolute atomic E-state index is 13.5. The molecule has 4 rings (SSSR count). The first-order valence-electron chi connectivity index (χ1n) is 9.25. The molecule has 1 saturated heterocycles. The van der Waals surface area contributed by atoms with E-state index in [-0.39, 0.29) is 11.9 Å². The molecule has 2 aliphatic heterocycles. The number of nitrogens with one attached hydrogen (secondary N) is 2. The number of hydrogen-bond donors (Lipinski definition) is 3. The summed E-state index contributed by atoms with van der Waals surface area (Å²) in [6.45, 7) is 2.02. The minimum absolute atomic E-state index is 0.204. The highest BCUT2D eigenvalue weighted by molar-refractivity contribution is 6.31. The number of benzene rings is 2. The van der Waals surface area contributed by atoms with Crippen LogP contribution in [0.4, 0.5) is 5.69 Å². The lowest BCUT2D eigenvalue weighted by atomic mass is 9.64. The number of anilines is 1. The van der Waals surface area contributed by atoms with Gasteiger partial charge in [-0.15, -0.1) is 0 Å². The Bertz CT molecular complexity index is 964. The smallest absolute Gasteiger partial charge is 0.321 e. The summed E-state index contributed by atoms with van der Waals surface area (Å²) in [5.74, 6) is -1.80. The third-order valence-corrected chi connectivity index (χ3v) is 6.33. The minimum Gasteiger partial charge on any atom is -0.480 e. The van der Waals surface area contributed by atoms with E-state index in [0.717, 1.165) is 17.5 Å². The number of carboxylic acids is 1. The fraction of sp³-hybridized carbons (Fsp3) is 0.333. The number of fused-ring (bicyclic) bond motifs is 2. The van der Waals surface area contributed by atoms with Crippen molar-refractivity contribution in [3.63, 3.8) is 0 Å². The first-order valence-corrected chi connectivity index (χ1v) is 10.0. The largest absolute Gasteiger partial charge is 0.480 e. The number of hydrogen-bond acceptors (Lipinski definition) is 3. The van der Waals surface area contributed by atoms with Gasteiger partial charge in [0.2, 0.25) is 5.91 Å². The minimum atomic E-state index is -1.05. The van der Waals surface area contributed by atoms with E-state index < -0.39 is 23.3 Å². The Morgan fingerprint density at radius 1 is 1.18 bits per heavy atom. The lowest BCUT2D eigenvalue weighted by Crippen LogP contribution is -2.48. The van der Waals surface area contributed by atoms with Gasteiger partial charge in [0.05, 0.1) is 0 Å². The van der Waals surface area contributed by atoms with Crippen molar-refractivity contribution in [2.24, 2.45) is 0 Å². The quantitative estimate of drug-likeness (QED) is 0.695. The van der Waals surface area contributed by atoms with Gasteiger partial charge in [0, 0.05) is 27.7 Å². The molecule has 1 amide bonds. The highest BCUT2D eigenvalue weighted by atomic mass is 35.5. The van der Waals surface area contributed by atoms with Crippen LogP contribution in [0.2, 0.25) is 10.0 Å². The predicted molar refractivity (Wildman–Crippen MR) is 109 cm³/mol. The molecule has 1 spiro atoms. The van der Waals surface area contributed by atoms with E-state index in [2.05, 4.69) is 10.6 Å². The van der Waals surface area contributed by atoms with Crippen LogP contribution in [-0.2, 0) is 15.0 Å². The second-order valence-electron chi connectivity index (χ2n) is 7.37. The third-order valence-electron chi connectivity index (χ3n) is 5.86. The molecule has 3 N–H and O–H groups in total. The summed E-state index contributed by atoms with van der Waals surface area (Å²) in [6.07, 6.45) is 1.47. The van der Waals surface area contributed by atoms with E-state index >= 15 is 0 Å². The maximum Gasteiger partial charge on any atom is 0.321 e. The van der Waals surface area contributed by atoms with Gasteiger partial charge in [-0.1, -0.05) is 54.7 Å². The second kappa shape index (κ2) is 7.07. The van der Waals surface area contributed by atoms with Crippen LogP contribution in [0.15, 0.2) is 42.5 Å². The van der Waals surface area contributed by atoms with Crippen molar-refractivity contribution >= 4 is 40.8 Å². The first-order chi connectivity index (χ1) is 13.4. The molecule has 0 radical (unpaired) electrons. The average molecular weight is 419 g/mol. The molecule has 146 valence electrons. The van der Waals surface area contributed by atoms with Gasteiger partial charge in [0.25, 0.3) is 0 Å². The Morgan fingerprint density at radius 2 is 1.93 bits per heavy atom. The van der Waals surface area contributed by atoms with Gasteiger partial charge < -0.3 is 10.4 Å². The van der Waals surface area contributed by atoms with Crippen molar-refractivity contribution in [1.29, 1.82) is 0 Å². The van der Waals surface area contributed by atoms with E-state index in [1.165, 1.54) is 0 Å². The van der Waals surface area contributed by atoms with E-state index in [1.807, 2.05) is 19.1 Å². The molecule has 0 aliphatic carbocycles. The summed E-state index contributed by atoms with van der Waals surface area (Å²) in [4.78, 5) is 25.7. The highest BCUT2D eigenvalue weighted by Gasteiger charge is 2.65. The predicted octanol–water partition coefficient (Wildman–Crippen LogP) is 4.19. The van der Waals surface area contributed by atoms with Crippen molar-refractivity contribution in [2.45, 2.75) is 43.2 Å². The van der Waals surface area contributed by atoms with Crippen LogP contribution in [0.3, 0.4) is 0 Å². The van der Waals surface area contributed by atoms with Crippen LogP contribution in [0.25, 0.3) is 0 Å². The molecule has 4 atom stereocenters. The molecule has 0 saturated carbocycles. The molecule has 2 aromatic carbocycles. The van der Waals surface area contributed by atoms with E-state index in [9.17, 15) is 14.7 Å². The number of carboxylic acid groups (broad SMARTS) is 1. The number of carbonyl (C=O) groups is 2. The molecule has 5 nitrogen and oxygen atoms in total. The van der Waals surface area contributed by atoms with Gasteiger partial charge in [-0.3, -0.25) is 14.9 Å². The topological polar surface area (TPSA) is 78.4 Å². The van der Waals surface area contributed by atoms with E-state index in [4.69, 9.17) is 23.2 Å². The van der Waals surface area contributed by atoms with Gasteiger partial charge in [-0.25, -0.2) is 0 Å². The molecule has 2 aromatic rings. The monoisotopic (exact) mass is 418 g/mol. The van der Waals surface area contributed by atoms with Crippen LogP contribution in [-0.4, -0.2) is 29.1 Å². The second-order valence-corrected chi connectivity index (χ2v) is 8.24. The Labute approximate surface area is 173 Å². The van der Waals surface area contributed by atoms with Gasteiger partial charge in [0.1, 0.15) is 11.5 Å². The SMILES string of the molecule is CCCC1NC(C(=O)O)C(c2cccc(Cl)c2)C12C(=O)Nc1cc(Cl)ccc12. The standard InChI is InChI=1S/C21H20Cl2N2O3/c1-2-4-16-21(14-8-7-13(23)10-15(14)24-20(21)28)17(18(25-16)19(26)27)11-5-3-6-12(22)9-11/h3,5-10,16-18,25H,2,4H2,1H3,(H,24,28)(H,26,27). The van der Waals surface area contributed by atoms with Crippen LogP contribution in [0, 0.1) is 0 Å². The van der Waals surface area contributed by atoms with E-state index in [1.54, 1.807) is 30.3 Å². The van der Waals surface area contributed by atoms with Gasteiger partial charge in [-0.2, -0.15) is 0 Å². The molecule has 1 fully saturated rings. The molecule has 2 aliphatic rings. The Hall–Kier alpha value is -2.08. The van der Waals surface area contributed by atoms with Crippen molar-refractivity contribution in [1.82, 2.24) is 5.32 Å². The van der Waals surface area contributed by atoms with Crippen molar-refractivity contribution in [3.05, 3.63) is 63.6 Å². The zero-order valence-electron chi connectivity index (χ0n) is 15.2. The lowest BCUT2D eigenvalue weighted by Gasteiger charge is -2.35. The van der Waals surface area contributed by atoms with Gasteiger partial charge in [-0.05, 0) is 41.8 Å². The fourth-order valence-corrected chi connectivity index (χ4v) is 5.25. The summed E-state index contributed by atoms with van der Waals surface area (Å²) in [5, 5.41) is 17.2. The highest BCUT2D eigenvalue weighted by Crippen LogP contribution is 2.55. The summed E-state index contributed by atoms with van der Waals surface area (Å²) < 4.78 is 0. The first kappa shape index (κ1) is 19.2. The normalized spacial score (nSPS) is 28.4. The van der Waals surface area contributed by atoms with Crippen LogP contribution in [0.5, 0.6) is 0 Å². The van der Waals surface area contributed by atoms with Gasteiger partial charge >= 0.3 is 5.97 Å². The van der Waals surface area contributed by atoms with E-state index in [0.29, 0.717) is 22.2 Å². The van der Waals surface area contributed by atoms with Crippen LogP contribution < -0.4 is 10.6 Å². The number of carbonyl (C=O) groups excluding carboxylic acids is 1. The Morgan fingerprint density at radius 3 is 2.61 bits per heavy atom. The van der Waals surface area contributed by atoms with Crippen LogP contribution >= 0.6 is 23.2 Å². The fourth-order valence-electron chi connectivity index (χ4n) is 4.88. The molecular weight excluding hydrogens is 399 g/mol. The third kappa shape index (κ3) is 2.72. The van der Waals surface area contributed by atoms with Crippen LogP contribution in [0.1, 0.15) is 36.8 Å². The number of aliphatic carboxylic acids is 1. The number of halogens is 2. The van der Waals surface area contributed by atoms with Gasteiger partial charge in [0.15, 0.2) is 0 Å². The molecule has 2 heterocycles. The van der Waals surface area contributed by atoms with Crippen molar-refractivity contribution in [3.8, 4) is 0 Å². The molecule has 0 bridgehead atoms. The lowest BCUT2D eigenvalue weighted by molar-refractivity contribution is -0.139. The van der Waals surface area contributed by atoms with Crippen molar-refractivity contribution in [2.75, 3.05) is 5.32 Å². The Balaban J connectivity index is 2.00. The summed E-state index contributed by atoms with van der Waals surface area (Å²) >= 11 is 12.4. The molecule has 0 aromatic heterocycles. The number of rotatable bonds is 4. The molecular formula is C21H20Cl2N2O3.